The molecular weight excluding hydrogens is 360 g/mol. The molecule has 5 heteroatoms. The van der Waals surface area contributed by atoms with Crippen molar-refractivity contribution in [3.8, 4) is 5.00 Å². The molecule has 2 atom stereocenters. The summed E-state index contributed by atoms with van der Waals surface area (Å²) in [5, 5.41) is 1.14. The van der Waals surface area contributed by atoms with E-state index in [1.54, 1.807) is 0 Å². The number of hydrogen-bond acceptors (Lipinski definition) is 3. The number of thiophene rings is 1. The molecule has 138 valence electrons. The van der Waals surface area contributed by atoms with Crippen LogP contribution in [0.25, 0.3) is 5.00 Å². The van der Waals surface area contributed by atoms with E-state index in [1.165, 1.54) is 42.5 Å². The second kappa shape index (κ2) is 7.08. The summed E-state index contributed by atoms with van der Waals surface area (Å²) < 4.78 is 2.15. The lowest BCUT2D eigenvalue weighted by atomic mass is 9.75. The molecule has 26 heavy (non-hydrogen) atoms. The van der Waals surface area contributed by atoms with Crippen LogP contribution in [-0.2, 0) is 12.2 Å². The Hall–Kier alpha value is -1.20. The molecule has 2 aliphatic heterocycles. The van der Waals surface area contributed by atoms with Crippen LogP contribution in [0.5, 0.6) is 0 Å². The Morgan fingerprint density at radius 3 is 2.73 bits per heavy atom. The zero-order chi connectivity index (χ0) is 17.5. The highest BCUT2D eigenvalue weighted by Gasteiger charge is 2.36. The van der Waals surface area contributed by atoms with Crippen molar-refractivity contribution in [3.05, 3.63) is 40.5 Å². The van der Waals surface area contributed by atoms with E-state index < -0.39 is 0 Å². The largest absolute Gasteiger partial charge is 0.338 e. The van der Waals surface area contributed by atoms with Crippen LogP contribution in [0.2, 0.25) is 0 Å². The van der Waals surface area contributed by atoms with Gasteiger partial charge in [0.25, 0.3) is 5.91 Å². The van der Waals surface area contributed by atoms with Crippen molar-refractivity contribution in [1.29, 1.82) is 0 Å². The van der Waals surface area contributed by atoms with Crippen LogP contribution in [0.15, 0.2) is 24.5 Å². The van der Waals surface area contributed by atoms with Gasteiger partial charge in [0.15, 0.2) is 0 Å². The standard InChI is InChI=1S/C21H26N2OS2/c24-20(23-11-7-15-5-1-2-6-16(15)13-23)19-17-8-12-25-14-18(17)26-21(19)22-9-3-4-10-22/h3-4,9-10,15-16H,1-2,5-8,11-14H2/t15-,16+/m0/s1. The van der Waals surface area contributed by atoms with Crippen LogP contribution in [-0.4, -0.2) is 34.2 Å². The van der Waals surface area contributed by atoms with E-state index in [0.717, 1.165) is 53.4 Å². The number of piperidine rings is 1. The van der Waals surface area contributed by atoms with Crippen LogP contribution in [0, 0.1) is 11.8 Å². The van der Waals surface area contributed by atoms with Crippen LogP contribution < -0.4 is 0 Å². The normalized spacial score (nSPS) is 25.6. The molecule has 0 spiro atoms. The summed E-state index contributed by atoms with van der Waals surface area (Å²) in [4.78, 5) is 17.2. The molecule has 5 rings (SSSR count). The first-order valence-electron chi connectivity index (χ1n) is 9.96. The first kappa shape index (κ1) is 16.9. The third-order valence-electron chi connectivity index (χ3n) is 6.43. The van der Waals surface area contributed by atoms with Gasteiger partial charge >= 0.3 is 0 Å². The molecule has 4 heterocycles. The van der Waals surface area contributed by atoms with Gasteiger partial charge in [-0.25, -0.2) is 0 Å². The van der Waals surface area contributed by atoms with E-state index in [9.17, 15) is 4.79 Å². The maximum atomic E-state index is 13.6. The lowest BCUT2D eigenvalue weighted by Gasteiger charge is -2.41. The zero-order valence-electron chi connectivity index (χ0n) is 15.2. The molecule has 3 nitrogen and oxygen atoms in total. The number of thioether (sulfide) groups is 1. The molecule has 2 aromatic heterocycles. The van der Waals surface area contributed by atoms with Gasteiger partial charge in [-0.05, 0) is 54.5 Å². The van der Waals surface area contributed by atoms with Gasteiger partial charge in [-0.15, -0.1) is 11.3 Å². The summed E-state index contributed by atoms with van der Waals surface area (Å²) in [6.07, 6.45) is 11.8. The molecule has 1 saturated heterocycles. The van der Waals surface area contributed by atoms with Gasteiger partial charge in [-0.2, -0.15) is 11.8 Å². The smallest absolute Gasteiger partial charge is 0.257 e. The fourth-order valence-electron chi connectivity index (χ4n) is 5.03. The summed E-state index contributed by atoms with van der Waals surface area (Å²) in [6, 6.07) is 4.10. The fourth-order valence-corrected chi connectivity index (χ4v) is 7.47. The van der Waals surface area contributed by atoms with Gasteiger partial charge in [0.05, 0.1) is 5.56 Å². The minimum absolute atomic E-state index is 0.294. The number of nitrogens with zero attached hydrogens (tertiary/aromatic N) is 2. The third-order valence-corrected chi connectivity index (χ3v) is 8.85. The lowest BCUT2D eigenvalue weighted by Crippen LogP contribution is -2.45. The highest BCUT2D eigenvalue weighted by molar-refractivity contribution is 7.98. The van der Waals surface area contributed by atoms with E-state index in [2.05, 4.69) is 34.0 Å². The Morgan fingerprint density at radius 1 is 1.08 bits per heavy atom. The molecule has 2 aromatic rings. The van der Waals surface area contributed by atoms with Crippen molar-refractivity contribution >= 4 is 29.0 Å². The predicted octanol–water partition coefficient (Wildman–Crippen LogP) is 4.98. The van der Waals surface area contributed by atoms with Crippen LogP contribution in [0.1, 0.15) is 52.9 Å². The van der Waals surface area contributed by atoms with E-state index in [1.807, 2.05) is 23.1 Å². The first-order chi connectivity index (χ1) is 12.8. The topological polar surface area (TPSA) is 25.2 Å². The Morgan fingerprint density at radius 2 is 1.88 bits per heavy atom. The molecular formula is C21H26N2OS2. The Kier molecular flexibility index (Phi) is 4.61. The maximum absolute atomic E-state index is 13.6. The maximum Gasteiger partial charge on any atom is 0.257 e. The number of rotatable bonds is 2. The van der Waals surface area contributed by atoms with Crippen molar-refractivity contribution in [2.24, 2.45) is 11.8 Å². The van der Waals surface area contributed by atoms with E-state index in [-0.39, 0.29) is 0 Å². The molecule has 0 N–H and O–H groups in total. The van der Waals surface area contributed by atoms with Crippen LogP contribution in [0.3, 0.4) is 0 Å². The highest BCUT2D eigenvalue weighted by Crippen LogP contribution is 2.41. The van der Waals surface area contributed by atoms with Gasteiger partial charge < -0.3 is 9.47 Å². The number of fused-ring (bicyclic) bond motifs is 2. The summed E-state index contributed by atoms with van der Waals surface area (Å²) in [7, 11) is 0. The highest BCUT2D eigenvalue weighted by atomic mass is 32.2. The van der Waals surface area contributed by atoms with Crippen molar-refractivity contribution in [1.82, 2.24) is 9.47 Å². The number of likely N-dealkylation sites (tertiary alicyclic amines) is 1. The first-order valence-corrected chi connectivity index (χ1v) is 11.9. The molecule has 0 aromatic carbocycles. The SMILES string of the molecule is O=C(c1c(-n2cccc2)sc2c1CCSC2)N1CC[C@@H]2CCCC[C@@H]2C1. The molecule has 2 fully saturated rings. The fraction of sp³-hybridized carbons (Fsp3) is 0.571. The van der Waals surface area contributed by atoms with Crippen LogP contribution >= 0.6 is 23.1 Å². The van der Waals surface area contributed by atoms with Gasteiger partial charge in [-0.3, -0.25) is 4.79 Å². The van der Waals surface area contributed by atoms with Gasteiger partial charge in [0.2, 0.25) is 0 Å². The minimum atomic E-state index is 0.294. The van der Waals surface area contributed by atoms with Crippen molar-refractivity contribution in [2.45, 2.75) is 44.3 Å². The number of amides is 1. The molecule has 1 saturated carbocycles. The minimum Gasteiger partial charge on any atom is -0.338 e. The number of hydrogen-bond donors (Lipinski definition) is 0. The summed E-state index contributed by atoms with van der Waals surface area (Å²) in [5.41, 5.74) is 2.35. The number of carbonyl (C=O) groups is 1. The van der Waals surface area contributed by atoms with E-state index >= 15 is 0 Å². The van der Waals surface area contributed by atoms with Gasteiger partial charge in [0.1, 0.15) is 5.00 Å². The molecule has 0 bridgehead atoms. The Balaban J connectivity index is 1.49. The molecule has 1 amide bonds. The van der Waals surface area contributed by atoms with Gasteiger partial charge in [-0.1, -0.05) is 19.3 Å². The number of carbonyl (C=O) groups excluding carboxylic acids is 1. The summed E-state index contributed by atoms with van der Waals surface area (Å²) in [6.45, 7) is 1.93. The van der Waals surface area contributed by atoms with Crippen LogP contribution in [0.4, 0.5) is 0 Å². The Bertz CT molecular complexity index is 795. The third kappa shape index (κ3) is 2.93. The van der Waals surface area contributed by atoms with Crippen molar-refractivity contribution in [3.63, 3.8) is 0 Å². The number of aromatic nitrogens is 1. The second-order valence-corrected chi connectivity index (χ2v) is 10.1. The lowest BCUT2D eigenvalue weighted by molar-refractivity contribution is 0.0520. The van der Waals surface area contributed by atoms with Gasteiger partial charge in [0, 0.05) is 36.1 Å². The quantitative estimate of drug-likeness (QED) is 0.727. The van der Waals surface area contributed by atoms with E-state index in [0.29, 0.717) is 5.91 Å². The molecule has 3 aliphatic rings. The summed E-state index contributed by atoms with van der Waals surface area (Å²) >= 11 is 3.82. The predicted molar refractivity (Wildman–Crippen MR) is 109 cm³/mol. The monoisotopic (exact) mass is 386 g/mol. The van der Waals surface area contributed by atoms with E-state index in [4.69, 9.17) is 0 Å². The Labute approximate surface area is 163 Å². The average Bonchev–Trinajstić information content (AvgIpc) is 3.34. The van der Waals surface area contributed by atoms with Crippen molar-refractivity contribution < 1.29 is 4.79 Å². The average molecular weight is 387 g/mol. The molecule has 1 aliphatic carbocycles. The molecule has 0 unspecified atom stereocenters. The summed E-state index contributed by atoms with van der Waals surface area (Å²) in [5.74, 6) is 4.10. The molecule has 0 radical (unpaired) electrons. The van der Waals surface area contributed by atoms with Crippen molar-refractivity contribution in [2.75, 3.05) is 18.8 Å². The zero-order valence-corrected chi connectivity index (χ0v) is 16.8. The second-order valence-electron chi connectivity index (χ2n) is 7.92.